The van der Waals surface area contributed by atoms with Gasteiger partial charge in [-0.2, -0.15) is 0 Å². The zero-order valence-electron chi connectivity index (χ0n) is 41.6. The molecule has 17 rings (SSSR count). The Bertz CT molecular complexity index is 4710. The van der Waals surface area contributed by atoms with Crippen LogP contribution in [-0.2, 0) is 5.41 Å². The van der Waals surface area contributed by atoms with Crippen LogP contribution in [0.4, 0.5) is 34.1 Å². The summed E-state index contributed by atoms with van der Waals surface area (Å²) in [5.41, 5.74) is 19.7. The summed E-state index contributed by atoms with van der Waals surface area (Å²) >= 11 is 0. The number of hydrogen-bond acceptors (Lipinski definition) is 4. The summed E-state index contributed by atoms with van der Waals surface area (Å²) < 4.78 is 13.0. The molecule has 358 valence electrons. The molecule has 0 N–H and O–H groups in total. The average Bonchev–Trinajstić information content (AvgIpc) is 4.41. The fourth-order valence-electron chi connectivity index (χ4n) is 13.6. The third kappa shape index (κ3) is 5.92. The Labute approximate surface area is 443 Å². The molecular weight excluding hydrogens is 937 g/mol. The second kappa shape index (κ2) is 15.9. The van der Waals surface area contributed by atoms with E-state index in [-0.39, 0.29) is 0 Å². The molecule has 2 aromatic heterocycles. The molecular formula is C73H44N2O2. The Hall–Kier alpha value is -10.2. The fourth-order valence-corrected chi connectivity index (χ4v) is 13.6. The SMILES string of the molecule is c1ccc(N(c2ccc3cc4c(cc3c2)C2(c3cc5cc(N(c6ccccc6)c6cccc7oc8ccccc8c67)ccc5cc3-4)c3ccccc3-c3c2ccc2ccccc32)c2cccc3oc4ccccc4c23)cc1. The minimum absolute atomic E-state index is 0.615. The minimum Gasteiger partial charge on any atom is -0.456 e. The number of fused-ring (bicyclic) bond motifs is 20. The lowest BCUT2D eigenvalue weighted by atomic mass is 9.70. The van der Waals surface area contributed by atoms with Crippen molar-refractivity contribution in [3.8, 4) is 22.3 Å². The zero-order chi connectivity index (χ0) is 50.3. The highest BCUT2D eigenvalue weighted by atomic mass is 16.3. The Morgan fingerprint density at radius 1 is 0.260 bits per heavy atom. The lowest BCUT2D eigenvalue weighted by Gasteiger charge is -2.31. The molecule has 1 spiro atoms. The fraction of sp³-hybridized carbons (Fsp3) is 0.0137. The molecule has 0 amide bonds. The highest BCUT2D eigenvalue weighted by molar-refractivity contribution is 6.16. The molecule has 2 aliphatic rings. The van der Waals surface area contributed by atoms with Gasteiger partial charge in [-0.3, -0.25) is 0 Å². The van der Waals surface area contributed by atoms with Crippen molar-refractivity contribution in [1.82, 2.24) is 0 Å². The number of benzene rings is 13. The van der Waals surface area contributed by atoms with Crippen molar-refractivity contribution in [1.29, 1.82) is 0 Å². The normalized spacial score (nSPS) is 13.0. The first-order chi connectivity index (χ1) is 38.2. The van der Waals surface area contributed by atoms with Crippen LogP contribution in [-0.4, -0.2) is 0 Å². The van der Waals surface area contributed by atoms with Crippen molar-refractivity contribution in [2.45, 2.75) is 5.41 Å². The molecule has 0 saturated carbocycles. The number of para-hydroxylation sites is 4. The Morgan fingerprint density at radius 2 is 0.727 bits per heavy atom. The predicted molar refractivity (Wildman–Crippen MR) is 319 cm³/mol. The smallest absolute Gasteiger partial charge is 0.137 e. The summed E-state index contributed by atoms with van der Waals surface area (Å²) in [7, 11) is 0. The van der Waals surface area contributed by atoms with Gasteiger partial charge in [-0.1, -0.05) is 158 Å². The molecule has 0 aliphatic heterocycles. The molecule has 15 aromatic rings. The van der Waals surface area contributed by atoms with Crippen molar-refractivity contribution >= 4 is 110 Å². The van der Waals surface area contributed by atoms with Gasteiger partial charge in [0.2, 0.25) is 0 Å². The van der Waals surface area contributed by atoms with Crippen molar-refractivity contribution in [3.05, 3.63) is 289 Å². The molecule has 77 heavy (non-hydrogen) atoms. The van der Waals surface area contributed by atoms with Gasteiger partial charge in [0.15, 0.2) is 0 Å². The van der Waals surface area contributed by atoms with E-state index in [4.69, 9.17) is 8.83 Å². The highest BCUT2D eigenvalue weighted by Gasteiger charge is 2.52. The number of hydrogen-bond donors (Lipinski definition) is 0. The van der Waals surface area contributed by atoms with Crippen molar-refractivity contribution < 1.29 is 8.83 Å². The van der Waals surface area contributed by atoms with Crippen LogP contribution in [0.2, 0.25) is 0 Å². The Balaban J connectivity index is 0.918. The molecule has 2 aliphatic carbocycles. The first kappa shape index (κ1) is 42.2. The van der Waals surface area contributed by atoms with E-state index >= 15 is 0 Å². The monoisotopic (exact) mass is 980 g/mol. The van der Waals surface area contributed by atoms with E-state index in [1.54, 1.807) is 0 Å². The van der Waals surface area contributed by atoms with Crippen LogP contribution in [0.25, 0.3) is 98.4 Å². The summed E-state index contributed by atoms with van der Waals surface area (Å²) in [6.07, 6.45) is 0. The highest BCUT2D eigenvalue weighted by Crippen LogP contribution is 2.65. The molecule has 4 heteroatoms. The maximum absolute atomic E-state index is 6.49. The third-order valence-electron chi connectivity index (χ3n) is 16.7. The topological polar surface area (TPSA) is 32.8 Å². The standard InChI is InChI=1S/C73H44N2O2/c1-3-18-50(19-4-1)74(64-27-15-31-68-71(64)56-24-10-13-29-66(56)76-68)52-36-33-46-41-58-59-42-47-34-37-53(75(51-20-5-2-6-21-51)65-28-16-32-69-72(65)57-25-11-14-30-67(57)77-69)40-49(47)44-63(59)73(62(58)43-48(46)39-52)60-26-12-9-23-55(60)70-54-22-8-7-17-45(54)35-38-61(70)73/h1-44H. The van der Waals surface area contributed by atoms with Crippen molar-refractivity contribution in [3.63, 3.8) is 0 Å². The second-order valence-corrected chi connectivity index (χ2v) is 20.7. The zero-order valence-corrected chi connectivity index (χ0v) is 41.6. The van der Waals surface area contributed by atoms with Gasteiger partial charge in [0.25, 0.3) is 0 Å². The summed E-state index contributed by atoms with van der Waals surface area (Å²) in [4.78, 5) is 4.79. The van der Waals surface area contributed by atoms with Crippen molar-refractivity contribution in [2.24, 2.45) is 0 Å². The molecule has 4 nitrogen and oxygen atoms in total. The predicted octanol–water partition coefficient (Wildman–Crippen LogP) is 20.2. The van der Waals surface area contributed by atoms with Gasteiger partial charge in [0.1, 0.15) is 22.3 Å². The first-order valence-corrected chi connectivity index (χ1v) is 26.5. The molecule has 2 heterocycles. The van der Waals surface area contributed by atoms with Gasteiger partial charge in [-0.05, 0) is 186 Å². The van der Waals surface area contributed by atoms with Crippen LogP contribution >= 0.6 is 0 Å². The lowest BCUT2D eigenvalue weighted by molar-refractivity contribution is 0.668. The van der Waals surface area contributed by atoms with Crippen molar-refractivity contribution in [2.75, 3.05) is 9.80 Å². The number of nitrogens with zero attached hydrogens (tertiary/aromatic N) is 2. The summed E-state index contributed by atoms with van der Waals surface area (Å²) in [5.74, 6) is 0. The largest absolute Gasteiger partial charge is 0.456 e. The number of rotatable bonds is 6. The molecule has 0 radical (unpaired) electrons. The van der Waals surface area contributed by atoms with Crippen LogP contribution in [0, 0.1) is 0 Å². The van der Waals surface area contributed by atoms with Gasteiger partial charge in [0.05, 0.1) is 27.6 Å². The van der Waals surface area contributed by atoms with E-state index in [1.165, 1.54) is 76.8 Å². The molecule has 0 fully saturated rings. The molecule has 0 bridgehead atoms. The van der Waals surface area contributed by atoms with E-state index < -0.39 is 5.41 Å². The second-order valence-electron chi connectivity index (χ2n) is 20.7. The molecule has 0 unspecified atom stereocenters. The molecule has 0 saturated heterocycles. The average molecular weight is 981 g/mol. The van der Waals surface area contributed by atoms with Crippen LogP contribution < -0.4 is 9.80 Å². The van der Waals surface area contributed by atoms with Crippen LogP contribution in [0.15, 0.2) is 276 Å². The Kier molecular flexibility index (Phi) is 8.73. The van der Waals surface area contributed by atoms with E-state index in [0.29, 0.717) is 0 Å². The molecule has 13 aromatic carbocycles. The van der Waals surface area contributed by atoms with Gasteiger partial charge in [-0.25, -0.2) is 0 Å². The van der Waals surface area contributed by atoms with E-state index in [9.17, 15) is 0 Å². The Morgan fingerprint density at radius 3 is 1.30 bits per heavy atom. The van der Waals surface area contributed by atoms with Crippen LogP contribution in [0.5, 0.6) is 0 Å². The summed E-state index contributed by atoms with van der Waals surface area (Å²) in [5, 5.41) is 11.6. The van der Waals surface area contributed by atoms with Gasteiger partial charge >= 0.3 is 0 Å². The minimum atomic E-state index is -0.615. The summed E-state index contributed by atoms with van der Waals surface area (Å²) in [6.45, 7) is 0. The van der Waals surface area contributed by atoms with Crippen LogP contribution in [0.3, 0.4) is 0 Å². The number of furan rings is 2. The molecule has 0 atom stereocenters. The number of anilines is 6. The quantitative estimate of drug-likeness (QED) is 0.166. The van der Waals surface area contributed by atoms with Gasteiger partial charge in [0, 0.05) is 33.5 Å². The van der Waals surface area contributed by atoms with Gasteiger partial charge < -0.3 is 18.6 Å². The van der Waals surface area contributed by atoms with E-state index in [0.717, 1.165) is 78.0 Å². The maximum atomic E-state index is 6.49. The lowest BCUT2D eigenvalue weighted by Crippen LogP contribution is -2.26. The first-order valence-electron chi connectivity index (χ1n) is 26.5. The van der Waals surface area contributed by atoms with Gasteiger partial charge in [-0.15, -0.1) is 0 Å². The van der Waals surface area contributed by atoms with E-state index in [2.05, 4.69) is 265 Å². The van der Waals surface area contributed by atoms with Crippen LogP contribution in [0.1, 0.15) is 22.3 Å². The maximum Gasteiger partial charge on any atom is 0.137 e. The summed E-state index contributed by atoms with van der Waals surface area (Å²) in [6, 6.07) is 97.9. The third-order valence-corrected chi connectivity index (χ3v) is 16.7. The van der Waals surface area contributed by atoms with E-state index in [1.807, 2.05) is 12.1 Å².